The molecular weight excluding hydrogens is 301 g/mol. The smallest absolute Gasteiger partial charge is 0.207 e. The molecule has 112 valence electrons. The maximum atomic E-state index is 13.9. The first-order valence-corrected chi connectivity index (χ1v) is 8.84. The van der Waals surface area contributed by atoms with Gasteiger partial charge in [-0.1, -0.05) is 19.4 Å². The van der Waals surface area contributed by atoms with Crippen molar-refractivity contribution in [2.24, 2.45) is 0 Å². The summed E-state index contributed by atoms with van der Waals surface area (Å²) in [5, 5.41) is 0. The summed E-state index contributed by atoms with van der Waals surface area (Å²) < 4.78 is 40.8. The van der Waals surface area contributed by atoms with Gasteiger partial charge in [0, 0.05) is 18.5 Å². The number of piperidine rings is 1. The highest BCUT2D eigenvalue weighted by Crippen LogP contribution is 2.29. The Kier molecular flexibility index (Phi) is 5.04. The van der Waals surface area contributed by atoms with Crippen LogP contribution >= 0.6 is 11.6 Å². The SMILES string of the molecule is CCC1CCCCN1S(=O)(=O)c1cc(CCl)ccc1F. The van der Waals surface area contributed by atoms with Crippen molar-refractivity contribution >= 4 is 21.6 Å². The number of rotatable bonds is 4. The summed E-state index contributed by atoms with van der Waals surface area (Å²) in [6, 6.07) is 4.00. The molecule has 1 aromatic carbocycles. The van der Waals surface area contributed by atoms with Gasteiger partial charge in [0.05, 0.1) is 0 Å². The molecule has 0 aromatic heterocycles. The largest absolute Gasteiger partial charge is 0.246 e. The lowest BCUT2D eigenvalue weighted by Crippen LogP contribution is -2.43. The number of alkyl halides is 1. The number of halogens is 2. The van der Waals surface area contributed by atoms with Crippen LogP contribution in [-0.4, -0.2) is 25.3 Å². The number of hydrogen-bond donors (Lipinski definition) is 0. The quantitative estimate of drug-likeness (QED) is 0.796. The zero-order valence-corrected chi connectivity index (χ0v) is 13.1. The molecule has 0 N–H and O–H groups in total. The van der Waals surface area contributed by atoms with Gasteiger partial charge in [-0.15, -0.1) is 11.6 Å². The minimum absolute atomic E-state index is 0.0344. The van der Waals surface area contributed by atoms with Gasteiger partial charge in [0.1, 0.15) is 10.7 Å². The third-order valence-corrected chi connectivity index (χ3v) is 6.06. The predicted octanol–water partition coefficient (Wildman–Crippen LogP) is 3.52. The molecule has 0 spiro atoms. The van der Waals surface area contributed by atoms with Crippen molar-refractivity contribution in [2.75, 3.05) is 6.54 Å². The van der Waals surface area contributed by atoms with Crippen LogP contribution < -0.4 is 0 Å². The summed E-state index contributed by atoms with van der Waals surface area (Å²) in [6.07, 6.45) is 3.43. The maximum Gasteiger partial charge on any atom is 0.246 e. The van der Waals surface area contributed by atoms with E-state index < -0.39 is 15.8 Å². The molecule has 1 saturated heterocycles. The van der Waals surface area contributed by atoms with Crippen molar-refractivity contribution in [2.45, 2.75) is 49.4 Å². The van der Waals surface area contributed by atoms with Crippen molar-refractivity contribution in [1.29, 1.82) is 0 Å². The molecule has 1 atom stereocenters. The van der Waals surface area contributed by atoms with E-state index in [0.29, 0.717) is 12.1 Å². The highest BCUT2D eigenvalue weighted by molar-refractivity contribution is 7.89. The van der Waals surface area contributed by atoms with Gasteiger partial charge in [0.2, 0.25) is 10.0 Å². The van der Waals surface area contributed by atoms with Gasteiger partial charge in [-0.2, -0.15) is 4.31 Å². The van der Waals surface area contributed by atoms with E-state index in [1.54, 1.807) is 0 Å². The average molecular weight is 320 g/mol. The standard InChI is InChI=1S/C14H19ClFNO2S/c1-2-12-5-3-4-8-17(12)20(18,19)14-9-11(10-15)6-7-13(14)16/h6-7,9,12H,2-5,8,10H2,1H3. The van der Waals surface area contributed by atoms with E-state index in [2.05, 4.69) is 0 Å². The summed E-state index contributed by atoms with van der Waals surface area (Å²) in [5.74, 6) is -0.542. The van der Waals surface area contributed by atoms with Gasteiger partial charge in [-0.05, 0) is 37.0 Å². The molecule has 6 heteroatoms. The van der Waals surface area contributed by atoms with Crippen LogP contribution in [0.1, 0.15) is 38.2 Å². The summed E-state index contributed by atoms with van der Waals surface area (Å²) in [5.41, 5.74) is 0.608. The van der Waals surface area contributed by atoms with Crippen LogP contribution in [0.15, 0.2) is 23.1 Å². The first-order chi connectivity index (χ1) is 9.50. The summed E-state index contributed by atoms with van der Waals surface area (Å²) in [6.45, 7) is 2.43. The van der Waals surface area contributed by atoms with E-state index in [1.165, 1.54) is 22.5 Å². The lowest BCUT2D eigenvalue weighted by atomic mass is 10.0. The summed E-state index contributed by atoms with van der Waals surface area (Å²) >= 11 is 5.71. The van der Waals surface area contributed by atoms with Crippen LogP contribution in [0.5, 0.6) is 0 Å². The Morgan fingerprint density at radius 3 is 2.80 bits per heavy atom. The van der Waals surface area contributed by atoms with Gasteiger partial charge in [0.25, 0.3) is 0 Å². The van der Waals surface area contributed by atoms with Gasteiger partial charge in [-0.25, -0.2) is 12.8 Å². The lowest BCUT2D eigenvalue weighted by Gasteiger charge is -2.34. The molecule has 2 rings (SSSR count). The van der Waals surface area contributed by atoms with Gasteiger partial charge in [-0.3, -0.25) is 0 Å². The van der Waals surface area contributed by atoms with Gasteiger partial charge < -0.3 is 0 Å². The normalized spacial score (nSPS) is 21.1. The van der Waals surface area contributed by atoms with Crippen LogP contribution in [0.25, 0.3) is 0 Å². The van der Waals surface area contributed by atoms with Crippen molar-refractivity contribution < 1.29 is 12.8 Å². The Bertz CT molecular complexity index is 577. The summed E-state index contributed by atoms with van der Waals surface area (Å²) in [7, 11) is -3.79. The van der Waals surface area contributed by atoms with Crippen LogP contribution in [-0.2, 0) is 15.9 Å². The molecule has 1 aromatic rings. The molecule has 1 aliphatic heterocycles. The highest BCUT2D eigenvalue weighted by atomic mass is 35.5. The predicted molar refractivity (Wildman–Crippen MR) is 77.8 cm³/mol. The van der Waals surface area contributed by atoms with E-state index >= 15 is 0 Å². The van der Waals surface area contributed by atoms with Crippen LogP contribution in [0.2, 0.25) is 0 Å². The fraction of sp³-hybridized carbons (Fsp3) is 0.571. The molecule has 1 unspecified atom stereocenters. The number of hydrogen-bond acceptors (Lipinski definition) is 2. The Labute approximate surface area is 124 Å². The summed E-state index contributed by atoms with van der Waals surface area (Å²) in [4.78, 5) is -0.254. The average Bonchev–Trinajstić information content (AvgIpc) is 2.47. The van der Waals surface area contributed by atoms with Crippen molar-refractivity contribution in [3.05, 3.63) is 29.6 Å². The Balaban J connectivity index is 2.43. The van der Waals surface area contributed by atoms with Crippen molar-refractivity contribution in [3.8, 4) is 0 Å². The molecule has 0 saturated carbocycles. The molecule has 20 heavy (non-hydrogen) atoms. The topological polar surface area (TPSA) is 37.4 Å². The highest BCUT2D eigenvalue weighted by Gasteiger charge is 2.34. The zero-order valence-electron chi connectivity index (χ0n) is 11.5. The minimum atomic E-state index is -3.79. The molecule has 1 aliphatic rings. The fourth-order valence-corrected chi connectivity index (χ4v) is 4.70. The van der Waals surface area contributed by atoms with Gasteiger partial charge in [0.15, 0.2) is 0 Å². The molecular formula is C14H19ClFNO2S. The second-order valence-electron chi connectivity index (χ2n) is 5.07. The van der Waals surface area contributed by atoms with Crippen LogP contribution in [0.3, 0.4) is 0 Å². The van der Waals surface area contributed by atoms with Crippen LogP contribution in [0, 0.1) is 5.82 Å². The third-order valence-electron chi connectivity index (χ3n) is 3.78. The van der Waals surface area contributed by atoms with E-state index in [0.717, 1.165) is 25.7 Å². The third kappa shape index (κ3) is 3.00. The molecule has 1 fully saturated rings. The molecule has 3 nitrogen and oxygen atoms in total. The molecule has 1 heterocycles. The minimum Gasteiger partial charge on any atom is -0.207 e. The van der Waals surface area contributed by atoms with E-state index in [4.69, 9.17) is 11.6 Å². The van der Waals surface area contributed by atoms with Crippen molar-refractivity contribution in [3.63, 3.8) is 0 Å². The molecule has 0 amide bonds. The van der Waals surface area contributed by atoms with Crippen molar-refractivity contribution in [1.82, 2.24) is 4.31 Å². The maximum absolute atomic E-state index is 13.9. The second-order valence-corrected chi connectivity index (χ2v) is 7.20. The monoisotopic (exact) mass is 319 g/mol. The van der Waals surface area contributed by atoms with Crippen LogP contribution in [0.4, 0.5) is 4.39 Å². The van der Waals surface area contributed by atoms with E-state index in [1.807, 2.05) is 6.92 Å². The van der Waals surface area contributed by atoms with E-state index in [-0.39, 0.29) is 16.8 Å². The van der Waals surface area contributed by atoms with Gasteiger partial charge >= 0.3 is 0 Å². The lowest BCUT2D eigenvalue weighted by molar-refractivity contribution is 0.246. The Morgan fingerprint density at radius 2 is 2.15 bits per heavy atom. The second kappa shape index (κ2) is 6.41. The van der Waals surface area contributed by atoms with E-state index in [9.17, 15) is 12.8 Å². The Hall–Kier alpha value is -0.650. The zero-order chi connectivity index (χ0) is 14.8. The molecule has 0 aliphatic carbocycles. The fourth-order valence-electron chi connectivity index (χ4n) is 2.65. The number of benzene rings is 1. The molecule has 0 radical (unpaired) electrons. The number of sulfonamides is 1. The first kappa shape index (κ1) is 15.7. The Morgan fingerprint density at radius 1 is 1.40 bits per heavy atom. The number of nitrogens with zero attached hydrogens (tertiary/aromatic N) is 1. The molecule has 0 bridgehead atoms. The first-order valence-electron chi connectivity index (χ1n) is 6.87.